The molecule has 1 heterocycles. The van der Waals surface area contributed by atoms with Crippen LogP contribution in [-0.4, -0.2) is 30.7 Å². The number of rotatable bonds is 9. The number of thiazole rings is 1. The summed E-state index contributed by atoms with van der Waals surface area (Å²) in [6.45, 7) is 4.95. The molecule has 146 valence electrons. The van der Waals surface area contributed by atoms with Gasteiger partial charge in [0.25, 0.3) is 5.91 Å². The van der Waals surface area contributed by atoms with Crippen LogP contribution in [0.3, 0.4) is 0 Å². The molecule has 0 unspecified atom stereocenters. The van der Waals surface area contributed by atoms with E-state index in [4.69, 9.17) is 14.2 Å². The van der Waals surface area contributed by atoms with Crippen molar-refractivity contribution in [1.29, 1.82) is 0 Å². The molecule has 0 bridgehead atoms. The Morgan fingerprint density at radius 1 is 0.964 bits per heavy atom. The SMILES string of the molecule is CCOc1ccc(OCC(=O)Nc2nc(-c3ccccc3OCC)cs2)cc1. The minimum Gasteiger partial charge on any atom is -0.494 e. The van der Waals surface area contributed by atoms with Gasteiger partial charge in [-0.3, -0.25) is 10.1 Å². The van der Waals surface area contributed by atoms with Gasteiger partial charge in [-0.1, -0.05) is 12.1 Å². The molecule has 0 saturated carbocycles. The van der Waals surface area contributed by atoms with Crippen molar-refractivity contribution in [2.24, 2.45) is 0 Å². The maximum Gasteiger partial charge on any atom is 0.264 e. The van der Waals surface area contributed by atoms with E-state index in [1.807, 2.05) is 43.5 Å². The van der Waals surface area contributed by atoms with E-state index >= 15 is 0 Å². The van der Waals surface area contributed by atoms with E-state index in [-0.39, 0.29) is 12.5 Å². The molecule has 0 aliphatic heterocycles. The molecular formula is C21H22N2O4S. The van der Waals surface area contributed by atoms with Crippen LogP contribution in [0.1, 0.15) is 13.8 Å². The van der Waals surface area contributed by atoms with Gasteiger partial charge in [-0.2, -0.15) is 0 Å². The lowest BCUT2D eigenvalue weighted by molar-refractivity contribution is -0.118. The Morgan fingerprint density at radius 2 is 1.64 bits per heavy atom. The zero-order valence-electron chi connectivity index (χ0n) is 15.8. The highest BCUT2D eigenvalue weighted by Gasteiger charge is 2.12. The van der Waals surface area contributed by atoms with Crippen molar-refractivity contribution in [1.82, 2.24) is 4.98 Å². The average Bonchev–Trinajstić information content (AvgIpc) is 3.16. The number of nitrogens with zero attached hydrogens (tertiary/aromatic N) is 1. The third-order valence-corrected chi connectivity index (χ3v) is 4.48. The van der Waals surface area contributed by atoms with Crippen molar-refractivity contribution in [3.05, 3.63) is 53.9 Å². The second-order valence-corrected chi connectivity index (χ2v) is 6.57. The number of carbonyl (C=O) groups excluding carboxylic acids is 1. The van der Waals surface area contributed by atoms with Crippen LogP contribution in [0, 0.1) is 0 Å². The van der Waals surface area contributed by atoms with Gasteiger partial charge in [-0.05, 0) is 50.2 Å². The Labute approximate surface area is 168 Å². The summed E-state index contributed by atoms with van der Waals surface area (Å²) in [5.41, 5.74) is 1.66. The van der Waals surface area contributed by atoms with Crippen molar-refractivity contribution < 1.29 is 19.0 Å². The Kier molecular flexibility index (Phi) is 6.86. The summed E-state index contributed by atoms with van der Waals surface area (Å²) in [7, 11) is 0. The highest BCUT2D eigenvalue weighted by molar-refractivity contribution is 7.14. The first-order valence-corrected chi connectivity index (χ1v) is 9.90. The van der Waals surface area contributed by atoms with E-state index in [1.165, 1.54) is 11.3 Å². The van der Waals surface area contributed by atoms with Crippen molar-refractivity contribution >= 4 is 22.4 Å². The molecule has 0 spiro atoms. The quantitative estimate of drug-likeness (QED) is 0.569. The molecular weight excluding hydrogens is 376 g/mol. The molecule has 3 rings (SSSR count). The summed E-state index contributed by atoms with van der Waals surface area (Å²) in [6, 6.07) is 14.8. The van der Waals surface area contributed by atoms with Crippen molar-refractivity contribution in [2.45, 2.75) is 13.8 Å². The lowest BCUT2D eigenvalue weighted by Gasteiger charge is -2.08. The predicted octanol–water partition coefficient (Wildman–Crippen LogP) is 4.63. The number of hydrogen-bond donors (Lipinski definition) is 1. The molecule has 6 nitrogen and oxygen atoms in total. The minimum atomic E-state index is -0.270. The Balaban J connectivity index is 1.57. The summed E-state index contributed by atoms with van der Waals surface area (Å²) in [5.74, 6) is 1.87. The summed E-state index contributed by atoms with van der Waals surface area (Å²) >= 11 is 1.36. The fourth-order valence-electron chi connectivity index (χ4n) is 2.52. The number of ether oxygens (including phenoxy) is 3. The molecule has 1 N–H and O–H groups in total. The van der Waals surface area contributed by atoms with Gasteiger partial charge < -0.3 is 14.2 Å². The average molecular weight is 398 g/mol. The molecule has 0 aliphatic rings. The van der Waals surface area contributed by atoms with Gasteiger partial charge in [0.05, 0.1) is 18.9 Å². The van der Waals surface area contributed by atoms with Crippen LogP contribution in [0.2, 0.25) is 0 Å². The molecule has 28 heavy (non-hydrogen) atoms. The van der Waals surface area contributed by atoms with E-state index in [9.17, 15) is 4.79 Å². The molecule has 0 radical (unpaired) electrons. The number of amides is 1. The first kappa shape index (κ1) is 19.7. The van der Waals surface area contributed by atoms with Crippen LogP contribution >= 0.6 is 11.3 Å². The zero-order valence-corrected chi connectivity index (χ0v) is 16.6. The molecule has 0 saturated heterocycles. The molecule has 1 aromatic heterocycles. The van der Waals surface area contributed by atoms with E-state index in [1.54, 1.807) is 24.3 Å². The van der Waals surface area contributed by atoms with E-state index in [0.717, 1.165) is 22.8 Å². The van der Waals surface area contributed by atoms with Gasteiger partial charge in [-0.25, -0.2) is 4.98 Å². The normalized spacial score (nSPS) is 10.4. The van der Waals surface area contributed by atoms with Gasteiger partial charge in [0.2, 0.25) is 0 Å². The second kappa shape index (κ2) is 9.75. The Hall–Kier alpha value is -3.06. The zero-order chi connectivity index (χ0) is 19.8. The number of nitrogens with one attached hydrogen (secondary N) is 1. The summed E-state index contributed by atoms with van der Waals surface area (Å²) in [5, 5.41) is 5.17. The molecule has 3 aromatic rings. The number of anilines is 1. The van der Waals surface area contributed by atoms with Gasteiger partial charge in [0, 0.05) is 10.9 Å². The lowest BCUT2D eigenvalue weighted by Crippen LogP contribution is -2.20. The molecule has 0 atom stereocenters. The number of aromatic nitrogens is 1. The lowest BCUT2D eigenvalue weighted by atomic mass is 10.1. The fraction of sp³-hybridized carbons (Fsp3) is 0.238. The third-order valence-electron chi connectivity index (χ3n) is 3.72. The van der Waals surface area contributed by atoms with E-state index < -0.39 is 0 Å². The third kappa shape index (κ3) is 5.23. The van der Waals surface area contributed by atoms with Crippen LogP contribution in [0.4, 0.5) is 5.13 Å². The first-order chi connectivity index (χ1) is 13.7. The van der Waals surface area contributed by atoms with Crippen molar-refractivity contribution in [2.75, 3.05) is 25.1 Å². The monoisotopic (exact) mass is 398 g/mol. The molecule has 7 heteroatoms. The summed E-state index contributed by atoms with van der Waals surface area (Å²) in [4.78, 5) is 16.6. The standard InChI is InChI=1S/C21H22N2O4S/c1-3-25-15-9-11-16(12-10-15)27-13-20(24)23-21-22-18(14-28-21)17-7-5-6-8-19(17)26-4-2/h5-12,14H,3-4,13H2,1-2H3,(H,22,23,24). The molecule has 0 aliphatic carbocycles. The van der Waals surface area contributed by atoms with Gasteiger partial charge >= 0.3 is 0 Å². The number of para-hydroxylation sites is 1. The largest absolute Gasteiger partial charge is 0.494 e. The maximum atomic E-state index is 12.2. The number of hydrogen-bond acceptors (Lipinski definition) is 6. The van der Waals surface area contributed by atoms with Gasteiger partial charge in [-0.15, -0.1) is 11.3 Å². The summed E-state index contributed by atoms with van der Waals surface area (Å²) in [6.07, 6.45) is 0. The summed E-state index contributed by atoms with van der Waals surface area (Å²) < 4.78 is 16.5. The number of carbonyl (C=O) groups is 1. The highest BCUT2D eigenvalue weighted by atomic mass is 32.1. The highest BCUT2D eigenvalue weighted by Crippen LogP contribution is 2.32. The van der Waals surface area contributed by atoms with Gasteiger partial charge in [0.1, 0.15) is 17.2 Å². The number of benzene rings is 2. The smallest absolute Gasteiger partial charge is 0.264 e. The topological polar surface area (TPSA) is 69.7 Å². The Morgan fingerprint density at radius 3 is 2.36 bits per heavy atom. The Bertz CT molecular complexity index is 909. The van der Waals surface area contributed by atoms with E-state index in [2.05, 4.69) is 10.3 Å². The second-order valence-electron chi connectivity index (χ2n) is 5.71. The van der Waals surface area contributed by atoms with Crippen molar-refractivity contribution in [3.8, 4) is 28.5 Å². The van der Waals surface area contributed by atoms with Crippen LogP contribution in [0.15, 0.2) is 53.9 Å². The van der Waals surface area contributed by atoms with Crippen molar-refractivity contribution in [3.63, 3.8) is 0 Å². The predicted molar refractivity (Wildman–Crippen MR) is 110 cm³/mol. The first-order valence-electron chi connectivity index (χ1n) is 9.02. The molecule has 0 fully saturated rings. The molecule has 2 aromatic carbocycles. The molecule has 1 amide bonds. The van der Waals surface area contributed by atoms with Crippen LogP contribution in [0.25, 0.3) is 11.3 Å². The fourth-order valence-corrected chi connectivity index (χ4v) is 3.24. The van der Waals surface area contributed by atoms with Crippen LogP contribution in [-0.2, 0) is 4.79 Å². The minimum absolute atomic E-state index is 0.0988. The maximum absolute atomic E-state index is 12.2. The van der Waals surface area contributed by atoms with E-state index in [0.29, 0.717) is 24.1 Å². The van der Waals surface area contributed by atoms with Crippen LogP contribution < -0.4 is 19.5 Å². The van der Waals surface area contributed by atoms with Gasteiger partial charge in [0.15, 0.2) is 11.7 Å². The van der Waals surface area contributed by atoms with Crippen LogP contribution in [0.5, 0.6) is 17.2 Å².